The van der Waals surface area contributed by atoms with Crippen LogP contribution in [0.2, 0.25) is 0 Å². The van der Waals surface area contributed by atoms with Crippen LogP contribution in [0.1, 0.15) is 36.2 Å². The third-order valence-corrected chi connectivity index (χ3v) is 3.75. The van der Waals surface area contributed by atoms with E-state index in [1.54, 1.807) is 18.7 Å². The van der Waals surface area contributed by atoms with Crippen molar-refractivity contribution in [1.82, 2.24) is 5.32 Å². The van der Waals surface area contributed by atoms with Crippen LogP contribution in [0, 0.1) is 0 Å². The van der Waals surface area contributed by atoms with Gasteiger partial charge in [0, 0.05) is 17.9 Å². The molecule has 0 aliphatic carbocycles. The second-order valence-corrected chi connectivity index (χ2v) is 5.93. The minimum Gasteiger partial charge on any atom is -0.387 e. The molecule has 1 aromatic carbocycles. The number of amides is 1. The van der Waals surface area contributed by atoms with Gasteiger partial charge in [-0.25, -0.2) is 0 Å². The van der Waals surface area contributed by atoms with Gasteiger partial charge in [-0.15, -0.1) is 0 Å². The van der Waals surface area contributed by atoms with Crippen LogP contribution in [-0.4, -0.2) is 35.2 Å². The highest BCUT2D eigenvalue weighted by atomic mass is 32.2. The molecule has 2 N–H and O–H groups in total. The maximum atomic E-state index is 11.9. The monoisotopic (exact) mass is 281 g/mol. The number of rotatable bonds is 7. The molecule has 0 bridgehead atoms. The summed E-state index contributed by atoms with van der Waals surface area (Å²) < 4.78 is 0. The number of aryl methyl sites for hydroxylation is 1. The number of aliphatic hydroxyl groups is 1. The Balaban J connectivity index is 2.53. The Kier molecular flexibility index (Phi) is 6.38. The van der Waals surface area contributed by atoms with Crippen molar-refractivity contribution in [1.29, 1.82) is 0 Å². The second-order valence-electron chi connectivity index (χ2n) is 5.06. The lowest BCUT2D eigenvalue weighted by Crippen LogP contribution is -2.42. The van der Waals surface area contributed by atoms with Crippen molar-refractivity contribution in [2.24, 2.45) is 0 Å². The molecule has 0 saturated heterocycles. The molecule has 3 nitrogen and oxygen atoms in total. The Morgan fingerprint density at radius 1 is 1.37 bits per heavy atom. The lowest BCUT2D eigenvalue weighted by atomic mass is 10.1. The third-order valence-electron chi connectivity index (χ3n) is 2.84. The Morgan fingerprint density at radius 3 is 2.53 bits per heavy atom. The average Bonchev–Trinajstić information content (AvgIpc) is 2.37. The molecule has 0 heterocycles. The summed E-state index contributed by atoms with van der Waals surface area (Å²) in [4.78, 5) is 11.9. The predicted molar refractivity (Wildman–Crippen MR) is 81.8 cm³/mol. The molecule has 1 aromatic rings. The highest BCUT2D eigenvalue weighted by Gasteiger charge is 2.20. The van der Waals surface area contributed by atoms with Crippen molar-refractivity contribution in [2.45, 2.75) is 32.3 Å². The molecule has 0 aromatic heterocycles. The molecular formula is C15H23NO2S. The van der Waals surface area contributed by atoms with E-state index < -0.39 is 5.60 Å². The molecule has 19 heavy (non-hydrogen) atoms. The van der Waals surface area contributed by atoms with Crippen molar-refractivity contribution >= 4 is 17.7 Å². The Hall–Kier alpha value is -1.00. The Morgan fingerprint density at radius 2 is 2.00 bits per heavy atom. The molecule has 1 amide bonds. The smallest absolute Gasteiger partial charge is 0.251 e. The number of hydrogen-bond donors (Lipinski definition) is 2. The highest BCUT2D eigenvalue weighted by Crippen LogP contribution is 2.10. The summed E-state index contributed by atoms with van der Waals surface area (Å²) in [5, 5.41) is 12.8. The van der Waals surface area contributed by atoms with Crippen LogP contribution in [0.15, 0.2) is 24.3 Å². The maximum Gasteiger partial charge on any atom is 0.251 e. The lowest BCUT2D eigenvalue weighted by molar-refractivity contribution is 0.0725. The molecule has 0 aliphatic heterocycles. The number of carbonyl (C=O) groups is 1. The van der Waals surface area contributed by atoms with Gasteiger partial charge >= 0.3 is 0 Å². The van der Waals surface area contributed by atoms with Crippen molar-refractivity contribution in [3.63, 3.8) is 0 Å². The van der Waals surface area contributed by atoms with Gasteiger partial charge in [0.2, 0.25) is 0 Å². The van der Waals surface area contributed by atoms with E-state index in [0.717, 1.165) is 12.8 Å². The summed E-state index contributed by atoms with van der Waals surface area (Å²) in [6.45, 7) is 4.13. The number of benzene rings is 1. The van der Waals surface area contributed by atoms with Gasteiger partial charge in [-0.1, -0.05) is 25.5 Å². The van der Waals surface area contributed by atoms with E-state index in [9.17, 15) is 9.90 Å². The largest absolute Gasteiger partial charge is 0.387 e. The van der Waals surface area contributed by atoms with Crippen molar-refractivity contribution in [3.05, 3.63) is 35.4 Å². The summed E-state index contributed by atoms with van der Waals surface area (Å²) in [6, 6.07) is 7.64. The van der Waals surface area contributed by atoms with Gasteiger partial charge < -0.3 is 10.4 Å². The van der Waals surface area contributed by atoms with E-state index in [-0.39, 0.29) is 12.5 Å². The van der Waals surface area contributed by atoms with Gasteiger partial charge in [-0.3, -0.25) is 4.79 Å². The predicted octanol–water partition coefficient (Wildman–Crippen LogP) is 2.48. The molecule has 0 saturated carbocycles. The fourth-order valence-corrected chi connectivity index (χ4v) is 2.57. The fourth-order valence-electron chi connectivity index (χ4n) is 1.85. The molecule has 4 heteroatoms. The quantitative estimate of drug-likeness (QED) is 0.807. The van der Waals surface area contributed by atoms with Gasteiger partial charge in [-0.05, 0) is 37.3 Å². The minimum atomic E-state index is -0.864. The summed E-state index contributed by atoms with van der Waals surface area (Å²) in [7, 11) is 0. The van der Waals surface area contributed by atoms with Crippen LogP contribution >= 0.6 is 11.8 Å². The zero-order chi connectivity index (χ0) is 14.3. The molecule has 106 valence electrons. The van der Waals surface area contributed by atoms with E-state index in [1.165, 1.54) is 5.56 Å². The Labute approximate surface area is 119 Å². The molecule has 1 unspecified atom stereocenters. The molecule has 0 spiro atoms. The van der Waals surface area contributed by atoms with E-state index in [2.05, 4.69) is 12.2 Å². The van der Waals surface area contributed by atoms with Crippen molar-refractivity contribution in [3.8, 4) is 0 Å². The molecule has 1 rings (SSSR count). The first-order chi connectivity index (χ1) is 8.98. The van der Waals surface area contributed by atoms with Crippen LogP contribution < -0.4 is 5.32 Å². The molecule has 0 aliphatic rings. The molecule has 1 atom stereocenters. The van der Waals surface area contributed by atoms with Crippen molar-refractivity contribution < 1.29 is 9.90 Å². The topological polar surface area (TPSA) is 49.3 Å². The molecular weight excluding hydrogens is 258 g/mol. The van der Waals surface area contributed by atoms with E-state index in [0.29, 0.717) is 11.3 Å². The van der Waals surface area contributed by atoms with Crippen LogP contribution in [0.5, 0.6) is 0 Å². The first kappa shape index (κ1) is 16.1. The van der Waals surface area contributed by atoms with Gasteiger partial charge in [0.1, 0.15) is 0 Å². The van der Waals surface area contributed by atoms with E-state index in [1.807, 2.05) is 30.5 Å². The summed E-state index contributed by atoms with van der Waals surface area (Å²) in [5.41, 5.74) is 1.02. The summed E-state index contributed by atoms with van der Waals surface area (Å²) >= 11 is 1.56. The summed E-state index contributed by atoms with van der Waals surface area (Å²) in [6.07, 6.45) is 4.07. The van der Waals surface area contributed by atoms with Crippen molar-refractivity contribution in [2.75, 3.05) is 18.6 Å². The third kappa shape index (κ3) is 5.66. The fraction of sp³-hybridized carbons (Fsp3) is 0.533. The zero-order valence-corrected chi connectivity index (χ0v) is 12.7. The van der Waals surface area contributed by atoms with Crippen LogP contribution in [0.3, 0.4) is 0 Å². The van der Waals surface area contributed by atoms with Gasteiger partial charge in [-0.2, -0.15) is 11.8 Å². The number of carbonyl (C=O) groups excluding carboxylic acids is 1. The van der Waals surface area contributed by atoms with E-state index in [4.69, 9.17) is 0 Å². The van der Waals surface area contributed by atoms with Gasteiger partial charge in [0.25, 0.3) is 5.91 Å². The summed E-state index contributed by atoms with van der Waals surface area (Å²) in [5.74, 6) is 0.465. The molecule has 0 radical (unpaired) electrons. The number of hydrogen-bond acceptors (Lipinski definition) is 3. The van der Waals surface area contributed by atoms with Gasteiger partial charge in [0.05, 0.1) is 5.60 Å². The average molecular weight is 281 g/mol. The SMILES string of the molecule is CCCc1ccc(C(=O)NCC(C)(O)CSC)cc1. The normalized spacial score (nSPS) is 13.9. The first-order valence-electron chi connectivity index (χ1n) is 6.57. The standard InChI is InChI=1S/C15H23NO2S/c1-4-5-12-6-8-13(9-7-12)14(17)16-10-15(2,18)11-19-3/h6-9,18H,4-5,10-11H2,1-3H3,(H,16,17). The van der Waals surface area contributed by atoms with Gasteiger partial charge in [0.15, 0.2) is 0 Å². The first-order valence-corrected chi connectivity index (χ1v) is 7.96. The molecule has 0 fully saturated rings. The zero-order valence-electron chi connectivity index (χ0n) is 11.9. The van der Waals surface area contributed by atoms with Crippen LogP contribution in [0.4, 0.5) is 0 Å². The number of nitrogens with one attached hydrogen (secondary N) is 1. The van der Waals surface area contributed by atoms with Crippen LogP contribution in [0.25, 0.3) is 0 Å². The second kappa shape index (κ2) is 7.56. The minimum absolute atomic E-state index is 0.135. The lowest BCUT2D eigenvalue weighted by Gasteiger charge is -2.22. The Bertz CT molecular complexity index is 401. The highest BCUT2D eigenvalue weighted by molar-refractivity contribution is 7.98. The van der Waals surface area contributed by atoms with Crippen LogP contribution in [-0.2, 0) is 6.42 Å². The maximum absolute atomic E-state index is 11.9. The number of thioether (sulfide) groups is 1. The van der Waals surface area contributed by atoms with E-state index >= 15 is 0 Å².